The number of halogens is 1. The van der Waals surface area contributed by atoms with Gasteiger partial charge in [-0.2, -0.15) is 0 Å². The molecule has 0 aromatic heterocycles. The van der Waals surface area contributed by atoms with E-state index in [9.17, 15) is 12.8 Å². The predicted molar refractivity (Wildman–Crippen MR) is 71.6 cm³/mol. The van der Waals surface area contributed by atoms with Crippen LogP contribution in [0.3, 0.4) is 0 Å². The highest BCUT2D eigenvalue weighted by molar-refractivity contribution is 7.92. The Hall–Kier alpha value is -2.32. The molecule has 2 aromatic rings. The van der Waals surface area contributed by atoms with Crippen molar-refractivity contribution in [2.45, 2.75) is 4.90 Å². The SMILES string of the molecule is C#Cc1cccc(NS(=O)(=O)c2ccccc2F)c1. The highest BCUT2D eigenvalue weighted by Crippen LogP contribution is 2.19. The number of hydrogen-bond acceptors (Lipinski definition) is 2. The lowest BCUT2D eigenvalue weighted by atomic mass is 10.2. The van der Waals surface area contributed by atoms with E-state index in [1.165, 1.54) is 24.3 Å². The summed E-state index contributed by atoms with van der Waals surface area (Å²) >= 11 is 0. The van der Waals surface area contributed by atoms with Gasteiger partial charge in [0.25, 0.3) is 10.0 Å². The van der Waals surface area contributed by atoms with Crippen LogP contribution in [0.15, 0.2) is 53.4 Å². The largest absolute Gasteiger partial charge is 0.279 e. The van der Waals surface area contributed by atoms with Crippen molar-refractivity contribution in [2.24, 2.45) is 0 Å². The molecule has 3 nitrogen and oxygen atoms in total. The Bertz CT molecular complexity index is 748. The fraction of sp³-hybridized carbons (Fsp3) is 0. The van der Waals surface area contributed by atoms with E-state index in [0.29, 0.717) is 11.3 Å². The third kappa shape index (κ3) is 2.92. The molecule has 0 amide bonds. The summed E-state index contributed by atoms with van der Waals surface area (Å²) in [6.45, 7) is 0. The first-order valence-corrected chi connectivity index (χ1v) is 6.85. The van der Waals surface area contributed by atoms with Crippen LogP contribution in [0.25, 0.3) is 0 Å². The van der Waals surface area contributed by atoms with Crippen LogP contribution in [0.2, 0.25) is 0 Å². The van der Waals surface area contributed by atoms with Crippen molar-refractivity contribution in [2.75, 3.05) is 4.72 Å². The van der Waals surface area contributed by atoms with Crippen LogP contribution in [0.4, 0.5) is 10.1 Å². The second kappa shape index (κ2) is 5.12. The van der Waals surface area contributed by atoms with E-state index < -0.39 is 20.7 Å². The lowest BCUT2D eigenvalue weighted by Crippen LogP contribution is -2.14. The highest BCUT2D eigenvalue weighted by Gasteiger charge is 2.18. The number of hydrogen-bond donors (Lipinski definition) is 1. The zero-order valence-electron chi connectivity index (χ0n) is 9.80. The van der Waals surface area contributed by atoms with Gasteiger partial charge < -0.3 is 0 Å². The fourth-order valence-corrected chi connectivity index (χ4v) is 2.67. The topological polar surface area (TPSA) is 46.2 Å². The first-order chi connectivity index (χ1) is 9.03. The fourth-order valence-electron chi connectivity index (χ4n) is 1.55. The van der Waals surface area contributed by atoms with Crippen LogP contribution in [0.1, 0.15) is 5.56 Å². The maximum atomic E-state index is 13.5. The first-order valence-electron chi connectivity index (χ1n) is 5.37. The van der Waals surface area contributed by atoms with Crippen molar-refractivity contribution in [1.82, 2.24) is 0 Å². The molecule has 0 unspecified atom stereocenters. The molecule has 96 valence electrons. The summed E-state index contributed by atoms with van der Waals surface area (Å²) in [4.78, 5) is -0.402. The quantitative estimate of drug-likeness (QED) is 0.875. The molecule has 0 atom stereocenters. The third-order valence-corrected chi connectivity index (χ3v) is 3.82. The molecule has 0 saturated carbocycles. The molecule has 0 bridgehead atoms. The van der Waals surface area contributed by atoms with E-state index in [2.05, 4.69) is 10.6 Å². The first kappa shape index (κ1) is 13.1. The van der Waals surface area contributed by atoms with Gasteiger partial charge in [0.15, 0.2) is 0 Å². The Kier molecular flexibility index (Phi) is 3.54. The summed E-state index contributed by atoms with van der Waals surface area (Å²) in [5.74, 6) is 1.59. The van der Waals surface area contributed by atoms with Gasteiger partial charge >= 0.3 is 0 Å². The smallest absolute Gasteiger partial charge is 0.264 e. The summed E-state index contributed by atoms with van der Waals surface area (Å²) in [6.07, 6.45) is 5.23. The molecular weight excluding hydrogens is 265 g/mol. The minimum Gasteiger partial charge on any atom is -0.279 e. The average Bonchev–Trinajstić information content (AvgIpc) is 2.38. The van der Waals surface area contributed by atoms with Gasteiger partial charge in [-0.3, -0.25) is 4.72 Å². The van der Waals surface area contributed by atoms with E-state index in [4.69, 9.17) is 6.42 Å². The monoisotopic (exact) mass is 275 g/mol. The van der Waals surface area contributed by atoms with Crippen LogP contribution in [-0.2, 0) is 10.0 Å². The minimum absolute atomic E-state index is 0.290. The molecule has 2 aromatic carbocycles. The lowest BCUT2D eigenvalue weighted by molar-refractivity contribution is 0.570. The number of terminal acetylenes is 1. The number of sulfonamides is 1. The van der Waals surface area contributed by atoms with Crippen LogP contribution < -0.4 is 4.72 Å². The van der Waals surface area contributed by atoms with Gasteiger partial charge in [0, 0.05) is 5.56 Å². The molecule has 0 aliphatic carbocycles. The minimum atomic E-state index is -3.96. The Morgan fingerprint density at radius 1 is 1.11 bits per heavy atom. The Labute approximate surface area is 111 Å². The van der Waals surface area contributed by atoms with Crippen LogP contribution in [0.5, 0.6) is 0 Å². The van der Waals surface area contributed by atoms with Gasteiger partial charge in [0.2, 0.25) is 0 Å². The van der Waals surface area contributed by atoms with Crippen molar-refractivity contribution >= 4 is 15.7 Å². The number of benzene rings is 2. The van der Waals surface area contributed by atoms with Crippen LogP contribution >= 0.6 is 0 Å². The molecule has 2 rings (SSSR count). The summed E-state index contributed by atoms with van der Waals surface area (Å²) in [5, 5.41) is 0. The Balaban J connectivity index is 2.37. The average molecular weight is 275 g/mol. The summed E-state index contributed by atoms with van der Waals surface area (Å²) in [5.41, 5.74) is 0.826. The molecular formula is C14H10FNO2S. The van der Waals surface area contributed by atoms with Crippen molar-refractivity contribution in [3.8, 4) is 12.3 Å². The Morgan fingerprint density at radius 2 is 1.84 bits per heavy atom. The van der Waals surface area contributed by atoms with Crippen molar-refractivity contribution < 1.29 is 12.8 Å². The maximum Gasteiger partial charge on any atom is 0.264 e. The van der Waals surface area contributed by atoms with Gasteiger partial charge in [-0.25, -0.2) is 12.8 Å². The van der Waals surface area contributed by atoms with E-state index in [0.717, 1.165) is 6.07 Å². The standard InChI is InChI=1S/C14H10FNO2S/c1-2-11-6-5-7-12(10-11)16-19(17,18)14-9-4-3-8-13(14)15/h1,3-10,16H. The molecule has 0 aliphatic heterocycles. The van der Waals surface area contributed by atoms with Crippen LogP contribution in [0, 0.1) is 18.2 Å². The number of rotatable bonds is 3. The normalized spacial score (nSPS) is 10.7. The van der Waals surface area contributed by atoms with Crippen molar-refractivity contribution in [3.63, 3.8) is 0 Å². The summed E-state index contributed by atoms with van der Waals surface area (Å²) in [7, 11) is -3.96. The molecule has 0 fully saturated rings. The maximum absolute atomic E-state index is 13.5. The van der Waals surface area contributed by atoms with Crippen molar-refractivity contribution in [3.05, 3.63) is 59.9 Å². The lowest BCUT2D eigenvalue weighted by Gasteiger charge is -2.08. The van der Waals surface area contributed by atoms with Gasteiger partial charge in [0.1, 0.15) is 10.7 Å². The van der Waals surface area contributed by atoms with Gasteiger partial charge in [-0.1, -0.05) is 24.1 Å². The summed E-state index contributed by atoms with van der Waals surface area (Å²) < 4.78 is 39.8. The molecule has 19 heavy (non-hydrogen) atoms. The Morgan fingerprint density at radius 3 is 2.53 bits per heavy atom. The van der Waals surface area contributed by atoms with E-state index in [1.54, 1.807) is 18.2 Å². The molecule has 1 N–H and O–H groups in total. The van der Waals surface area contributed by atoms with E-state index in [1.807, 2.05) is 0 Å². The zero-order chi connectivity index (χ0) is 13.9. The molecule has 0 aliphatic rings. The number of anilines is 1. The molecule has 0 spiro atoms. The summed E-state index contributed by atoms with van der Waals surface area (Å²) in [6, 6.07) is 11.5. The third-order valence-electron chi connectivity index (χ3n) is 2.41. The van der Waals surface area contributed by atoms with Gasteiger partial charge in [0.05, 0.1) is 5.69 Å². The second-order valence-electron chi connectivity index (χ2n) is 3.76. The second-order valence-corrected chi connectivity index (χ2v) is 5.41. The number of nitrogens with one attached hydrogen (secondary N) is 1. The molecule has 0 heterocycles. The van der Waals surface area contributed by atoms with Gasteiger partial charge in [-0.15, -0.1) is 6.42 Å². The zero-order valence-corrected chi connectivity index (χ0v) is 10.6. The van der Waals surface area contributed by atoms with Gasteiger partial charge in [-0.05, 0) is 30.3 Å². The van der Waals surface area contributed by atoms with E-state index >= 15 is 0 Å². The predicted octanol–water partition coefficient (Wildman–Crippen LogP) is 2.61. The molecule has 0 saturated heterocycles. The molecule has 5 heteroatoms. The van der Waals surface area contributed by atoms with Crippen LogP contribution in [-0.4, -0.2) is 8.42 Å². The highest BCUT2D eigenvalue weighted by atomic mass is 32.2. The molecule has 0 radical (unpaired) electrons. The van der Waals surface area contributed by atoms with E-state index in [-0.39, 0.29) is 0 Å². The van der Waals surface area contributed by atoms with Crippen molar-refractivity contribution in [1.29, 1.82) is 0 Å².